The summed E-state index contributed by atoms with van der Waals surface area (Å²) < 4.78 is 5.36. The predicted octanol–water partition coefficient (Wildman–Crippen LogP) is 2.38. The second kappa shape index (κ2) is 6.93. The topological polar surface area (TPSA) is 59.1 Å². The Morgan fingerprint density at radius 2 is 1.88 bits per heavy atom. The van der Waals surface area contributed by atoms with Gasteiger partial charge in [0.1, 0.15) is 6.33 Å². The molecule has 96 valence electrons. The molecule has 5 heteroatoms. The summed E-state index contributed by atoms with van der Waals surface area (Å²) in [5, 5.41) is 6.49. The largest absolute Gasteiger partial charge is 0.490 e. The quantitative estimate of drug-likeness (QED) is 0.763. The first kappa shape index (κ1) is 13.5. The predicted molar refractivity (Wildman–Crippen MR) is 70.7 cm³/mol. The standard InChI is InChI=1S/C12H22N4O/c1-5-6-13-11-10(17-4)12(16-8-15-11)14-7-9(2)3/h8-9H,5-7H2,1-4H3,(H2,13,14,15,16). The highest BCUT2D eigenvalue weighted by molar-refractivity contribution is 5.63. The average molecular weight is 238 g/mol. The fourth-order valence-electron chi connectivity index (χ4n) is 1.36. The molecule has 1 heterocycles. The first-order valence-electron chi connectivity index (χ1n) is 6.05. The van der Waals surface area contributed by atoms with Gasteiger partial charge >= 0.3 is 0 Å². The lowest BCUT2D eigenvalue weighted by atomic mass is 10.2. The van der Waals surface area contributed by atoms with Crippen molar-refractivity contribution in [3.63, 3.8) is 0 Å². The van der Waals surface area contributed by atoms with E-state index in [0.717, 1.165) is 31.1 Å². The molecule has 0 bridgehead atoms. The molecule has 0 aliphatic rings. The third-order valence-corrected chi connectivity index (χ3v) is 2.23. The van der Waals surface area contributed by atoms with Crippen LogP contribution in [0.2, 0.25) is 0 Å². The molecule has 0 spiro atoms. The summed E-state index contributed by atoms with van der Waals surface area (Å²) in [5.74, 6) is 2.73. The molecule has 0 radical (unpaired) electrons. The summed E-state index contributed by atoms with van der Waals surface area (Å²) in [6.45, 7) is 8.14. The smallest absolute Gasteiger partial charge is 0.204 e. The van der Waals surface area contributed by atoms with E-state index in [1.165, 1.54) is 0 Å². The summed E-state index contributed by atoms with van der Waals surface area (Å²) in [6.07, 6.45) is 2.59. The van der Waals surface area contributed by atoms with Gasteiger partial charge < -0.3 is 15.4 Å². The van der Waals surface area contributed by atoms with Crippen molar-refractivity contribution < 1.29 is 4.74 Å². The average Bonchev–Trinajstić information content (AvgIpc) is 2.33. The summed E-state index contributed by atoms with van der Waals surface area (Å²) >= 11 is 0. The Morgan fingerprint density at radius 3 is 2.41 bits per heavy atom. The fourth-order valence-corrected chi connectivity index (χ4v) is 1.36. The second-order valence-electron chi connectivity index (χ2n) is 4.31. The minimum absolute atomic E-state index is 0.557. The summed E-state index contributed by atoms with van der Waals surface area (Å²) in [7, 11) is 1.64. The monoisotopic (exact) mass is 238 g/mol. The van der Waals surface area contributed by atoms with Gasteiger partial charge in [-0.05, 0) is 12.3 Å². The Hall–Kier alpha value is -1.52. The van der Waals surface area contributed by atoms with Crippen molar-refractivity contribution in [2.24, 2.45) is 5.92 Å². The van der Waals surface area contributed by atoms with Crippen LogP contribution in [0.15, 0.2) is 6.33 Å². The molecule has 5 nitrogen and oxygen atoms in total. The Kier molecular flexibility index (Phi) is 5.52. The van der Waals surface area contributed by atoms with Gasteiger partial charge in [-0.2, -0.15) is 0 Å². The van der Waals surface area contributed by atoms with E-state index in [-0.39, 0.29) is 0 Å². The minimum Gasteiger partial charge on any atom is -0.490 e. The van der Waals surface area contributed by atoms with E-state index < -0.39 is 0 Å². The lowest BCUT2D eigenvalue weighted by Gasteiger charge is -2.14. The van der Waals surface area contributed by atoms with Gasteiger partial charge in [0, 0.05) is 13.1 Å². The highest BCUT2D eigenvalue weighted by atomic mass is 16.5. The first-order chi connectivity index (χ1) is 8.19. The number of hydrogen-bond donors (Lipinski definition) is 2. The molecule has 0 unspecified atom stereocenters. The number of hydrogen-bond acceptors (Lipinski definition) is 5. The lowest BCUT2D eigenvalue weighted by Crippen LogP contribution is -2.12. The number of methoxy groups -OCH3 is 1. The maximum absolute atomic E-state index is 5.36. The summed E-state index contributed by atoms with van der Waals surface area (Å²) in [6, 6.07) is 0. The first-order valence-corrected chi connectivity index (χ1v) is 6.05. The van der Waals surface area contributed by atoms with Gasteiger partial charge in [0.2, 0.25) is 5.75 Å². The van der Waals surface area contributed by atoms with Crippen LogP contribution in [0, 0.1) is 5.92 Å². The number of aromatic nitrogens is 2. The Morgan fingerprint density at radius 1 is 1.24 bits per heavy atom. The third-order valence-electron chi connectivity index (χ3n) is 2.23. The molecule has 0 saturated heterocycles. The van der Waals surface area contributed by atoms with E-state index in [1.807, 2.05) is 0 Å². The fraction of sp³-hybridized carbons (Fsp3) is 0.667. The third kappa shape index (κ3) is 4.09. The van der Waals surface area contributed by atoms with Crippen molar-refractivity contribution in [2.45, 2.75) is 27.2 Å². The van der Waals surface area contributed by atoms with Crippen LogP contribution in [0.3, 0.4) is 0 Å². The zero-order valence-electron chi connectivity index (χ0n) is 11.1. The highest BCUT2D eigenvalue weighted by Crippen LogP contribution is 2.28. The molecule has 1 aromatic heterocycles. The molecule has 0 amide bonds. The van der Waals surface area contributed by atoms with Crippen LogP contribution in [0.1, 0.15) is 27.2 Å². The van der Waals surface area contributed by atoms with E-state index >= 15 is 0 Å². The van der Waals surface area contributed by atoms with Crippen molar-refractivity contribution in [1.82, 2.24) is 9.97 Å². The molecule has 0 aliphatic heterocycles. The number of nitrogens with one attached hydrogen (secondary N) is 2. The molecule has 0 aromatic carbocycles. The van der Waals surface area contributed by atoms with Gasteiger partial charge in [-0.25, -0.2) is 9.97 Å². The molecule has 2 N–H and O–H groups in total. The van der Waals surface area contributed by atoms with E-state index in [2.05, 4.69) is 41.4 Å². The molecule has 0 aliphatic carbocycles. The van der Waals surface area contributed by atoms with Crippen molar-refractivity contribution in [1.29, 1.82) is 0 Å². The van der Waals surface area contributed by atoms with Gasteiger partial charge in [-0.15, -0.1) is 0 Å². The van der Waals surface area contributed by atoms with E-state index in [1.54, 1.807) is 13.4 Å². The van der Waals surface area contributed by atoms with Crippen molar-refractivity contribution in [2.75, 3.05) is 30.8 Å². The molecule has 1 rings (SSSR count). The summed E-state index contributed by atoms with van der Waals surface area (Å²) in [5.41, 5.74) is 0. The summed E-state index contributed by atoms with van der Waals surface area (Å²) in [4.78, 5) is 8.39. The number of nitrogens with zero attached hydrogens (tertiary/aromatic N) is 2. The molecule has 0 atom stereocenters. The van der Waals surface area contributed by atoms with Gasteiger partial charge in [-0.3, -0.25) is 0 Å². The Bertz CT molecular complexity index is 341. The van der Waals surface area contributed by atoms with E-state index in [0.29, 0.717) is 11.7 Å². The lowest BCUT2D eigenvalue weighted by molar-refractivity contribution is 0.414. The Balaban J connectivity index is 2.81. The van der Waals surface area contributed by atoms with Gasteiger partial charge in [0.15, 0.2) is 11.6 Å². The molecular weight excluding hydrogens is 216 g/mol. The van der Waals surface area contributed by atoms with Crippen LogP contribution in [0.25, 0.3) is 0 Å². The van der Waals surface area contributed by atoms with Crippen LogP contribution in [-0.4, -0.2) is 30.2 Å². The maximum Gasteiger partial charge on any atom is 0.204 e. The zero-order chi connectivity index (χ0) is 12.7. The molecule has 1 aromatic rings. The zero-order valence-corrected chi connectivity index (χ0v) is 11.1. The highest BCUT2D eigenvalue weighted by Gasteiger charge is 2.11. The van der Waals surface area contributed by atoms with Gasteiger partial charge in [-0.1, -0.05) is 20.8 Å². The number of anilines is 2. The number of ether oxygens (including phenoxy) is 1. The molecule has 0 saturated carbocycles. The van der Waals surface area contributed by atoms with Crippen molar-refractivity contribution in [3.05, 3.63) is 6.33 Å². The second-order valence-corrected chi connectivity index (χ2v) is 4.31. The molecule has 17 heavy (non-hydrogen) atoms. The normalized spacial score (nSPS) is 10.4. The number of rotatable bonds is 7. The van der Waals surface area contributed by atoms with Crippen molar-refractivity contribution >= 4 is 11.6 Å². The van der Waals surface area contributed by atoms with Crippen molar-refractivity contribution in [3.8, 4) is 5.75 Å². The molecule has 0 fully saturated rings. The molecular formula is C12H22N4O. The SMILES string of the molecule is CCCNc1ncnc(NCC(C)C)c1OC. The maximum atomic E-state index is 5.36. The Labute approximate surface area is 103 Å². The van der Waals surface area contributed by atoms with E-state index in [9.17, 15) is 0 Å². The van der Waals surface area contributed by atoms with Gasteiger partial charge in [0.25, 0.3) is 0 Å². The van der Waals surface area contributed by atoms with Crippen LogP contribution in [0.4, 0.5) is 11.6 Å². The minimum atomic E-state index is 0.557. The van der Waals surface area contributed by atoms with Crippen LogP contribution >= 0.6 is 0 Å². The van der Waals surface area contributed by atoms with Gasteiger partial charge in [0.05, 0.1) is 7.11 Å². The van der Waals surface area contributed by atoms with Crippen LogP contribution < -0.4 is 15.4 Å². The van der Waals surface area contributed by atoms with Crippen LogP contribution in [-0.2, 0) is 0 Å². The van der Waals surface area contributed by atoms with Crippen LogP contribution in [0.5, 0.6) is 5.75 Å². The van der Waals surface area contributed by atoms with E-state index in [4.69, 9.17) is 4.74 Å².